The predicted octanol–water partition coefficient (Wildman–Crippen LogP) is 4.52. The quantitative estimate of drug-likeness (QED) is 0.376. The van der Waals surface area contributed by atoms with Crippen LogP contribution >= 0.6 is 0 Å². The van der Waals surface area contributed by atoms with Crippen LogP contribution in [0.5, 0.6) is 0 Å². The lowest BCUT2D eigenvalue weighted by Crippen LogP contribution is -2.63. The van der Waals surface area contributed by atoms with Crippen molar-refractivity contribution in [3.63, 3.8) is 0 Å². The second-order valence-electron chi connectivity index (χ2n) is 9.89. The zero-order valence-corrected chi connectivity index (χ0v) is 21.6. The normalized spacial score (nSPS) is 24.7. The molecule has 3 aromatic carbocycles. The molecule has 0 spiro atoms. The fraction of sp³-hybridized carbons (Fsp3) is 0.419. The fourth-order valence-corrected chi connectivity index (χ4v) is 4.54. The van der Waals surface area contributed by atoms with Crippen molar-refractivity contribution in [1.82, 2.24) is 0 Å². The van der Waals surface area contributed by atoms with Crippen LogP contribution in [-0.2, 0) is 38.8 Å². The lowest BCUT2D eigenvalue weighted by molar-refractivity contribution is -0.278. The zero-order chi connectivity index (χ0) is 26.0. The van der Waals surface area contributed by atoms with E-state index in [1.165, 1.54) is 0 Å². The number of benzene rings is 3. The second-order valence-corrected chi connectivity index (χ2v) is 9.89. The molecular formula is C31H38O6. The van der Waals surface area contributed by atoms with Crippen LogP contribution in [0.25, 0.3) is 0 Å². The summed E-state index contributed by atoms with van der Waals surface area (Å²) in [6, 6.07) is 29.6. The number of hydrogen-bond acceptors (Lipinski definition) is 6. The minimum absolute atomic E-state index is 0.109. The average molecular weight is 507 g/mol. The van der Waals surface area contributed by atoms with Crippen molar-refractivity contribution in [2.24, 2.45) is 5.92 Å². The molecule has 6 nitrogen and oxygen atoms in total. The number of ether oxygens (including phenoxy) is 4. The predicted molar refractivity (Wildman–Crippen MR) is 142 cm³/mol. The van der Waals surface area contributed by atoms with Gasteiger partial charge < -0.3 is 29.2 Å². The van der Waals surface area contributed by atoms with Gasteiger partial charge in [-0.05, 0) is 22.6 Å². The zero-order valence-electron chi connectivity index (χ0n) is 21.6. The van der Waals surface area contributed by atoms with E-state index in [-0.39, 0.29) is 12.5 Å². The first-order chi connectivity index (χ1) is 18.0. The largest absolute Gasteiger partial charge is 0.390 e. The minimum atomic E-state index is -1.08. The Kier molecular flexibility index (Phi) is 10.3. The Bertz CT molecular complexity index is 1030. The van der Waals surface area contributed by atoms with Crippen LogP contribution in [0.1, 0.15) is 30.5 Å². The van der Waals surface area contributed by atoms with Gasteiger partial charge in [-0.1, -0.05) is 105 Å². The van der Waals surface area contributed by atoms with Gasteiger partial charge in [0.15, 0.2) is 0 Å². The van der Waals surface area contributed by atoms with Crippen molar-refractivity contribution >= 4 is 0 Å². The molecule has 1 aliphatic rings. The van der Waals surface area contributed by atoms with Crippen molar-refractivity contribution in [2.75, 3.05) is 6.61 Å². The van der Waals surface area contributed by atoms with Gasteiger partial charge in [-0.3, -0.25) is 0 Å². The summed E-state index contributed by atoms with van der Waals surface area (Å²) in [7, 11) is 0. The molecule has 0 aliphatic carbocycles. The Balaban J connectivity index is 1.55. The molecule has 3 aromatic rings. The number of aliphatic hydroxyl groups excluding tert-OH is 2. The maximum atomic E-state index is 11.4. The van der Waals surface area contributed by atoms with Gasteiger partial charge in [0.05, 0.1) is 32.5 Å². The van der Waals surface area contributed by atoms with Crippen LogP contribution in [0.4, 0.5) is 0 Å². The van der Waals surface area contributed by atoms with Crippen LogP contribution in [0.3, 0.4) is 0 Å². The van der Waals surface area contributed by atoms with Gasteiger partial charge >= 0.3 is 0 Å². The third-order valence-corrected chi connectivity index (χ3v) is 6.68. The summed E-state index contributed by atoms with van der Waals surface area (Å²) in [4.78, 5) is 0. The Morgan fingerprint density at radius 3 is 1.65 bits per heavy atom. The van der Waals surface area contributed by atoms with Crippen LogP contribution < -0.4 is 0 Å². The first-order valence-corrected chi connectivity index (χ1v) is 13.0. The first-order valence-electron chi connectivity index (χ1n) is 13.0. The van der Waals surface area contributed by atoms with E-state index in [0.29, 0.717) is 19.8 Å². The number of hydrogen-bond donors (Lipinski definition) is 2. The summed E-state index contributed by atoms with van der Waals surface area (Å²) < 4.78 is 25.1. The van der Waals surface area contributed by atoms with Crippen molar-refractivity contribution in [3.05, 3.63) is 108 Å². The summed E-state index contributed by atoms with van der Waals surface area (Å²) in [6.45, 7) is 5.09. The standard InChI is InChI=1S/C31H38O6/c1-22(2)27(32)30-28(33)31(36-20-25-16-10-5-11-17-25)29(35-19-24-14-8-4-9-15-24)26(37-30)21-34-18-23-12-6-3-7-13-23/h3-17,22,26-33H,18-21H2,1-2H3/t26-,27?,28+,29+,30-,31-/m1/s1. The molecule has 0 bridgehead atoms. The SMILES string of the molecule is CC(C)C(O)[C@H]1O[C@H](COCc2ccccc2)[C@H](OCc2ccccc2)[C@H](OCc2ccccc2)[C@H]1O. The van der Waals surface area contributed by atoms with E-state index in [9.17, 15) is 10.2 Å². The molecule has 0 saturated carbocycles. The lowest BCUT2D eigenvalue weighted by atomic mass is 9.88. The van der Waals surface area contributed by atoms with Crippen molar-refractivity contribution < 1.29 is 29.2 Å². The van der Waals surface area contributed by atoms with Crippen molar-refractivity contribution in [1.29, 1.82) is 0 Å². The molecule has 1 aliphatic heterocycles. The molecule has 6 atom stereocenters. The van der Waals surface area contributed by atoms with Crippen molar-refractivity contribution in [2.45, 2.75) is 70.3 Å². The number of rotatable bonds is 12. The molecule has 0 aromatic heterocycles. The molecular weight excluding hydrogens is 468 g/mol. The Morgan fingerprint density at radius 2 is 1.16 bits per heavy atom. The molecule has 2 N–H and O–H groups in total. The maximum Gasteiger partial charge on any atom is 0.115 e. The molecule has 4 rings (SSSR count). The van der Waals surface area contributed by atoms with Gasteiger partial charge in [0.2, 0.25) is 0 Å². The van der Waals surface area contributed by atoms with Gasteiger partial charge in [0.25, 0.3) is 0 Å². The van der Waals surface area contributed by atoms with Gasteiger partial charge in [-0.25, -0.2) is 0 Å². The molecule has 0 amide bonds. The third-order valence-electron chi connectivity index (χ3n) is 6.68. The molecule has 37 heavy (non-hydrogen) atoms. The molecule has 1 heterocycles. The second kappa shape index (κ2) is 13.8. The van der Waals surface area contributed by atoms with Gasteiger partial charge in [-0.15, -0.1) is 0 Å². The average Bonchev–Trinajstić information content (AvgIpc) is 2.93. The van der Waals surface area contributed by atoms with E-state index < -0.39 is 36.6 Å². The van der Waals surface area contributed by atoms with E-state index in [0.717, 1.165) is 16.7 Å². The van der Waals surface area contributed by atoms with Gasteiger partial charge in [-0.2, -0.15) is 0 Å². The molecule has 1 unspecified atom stereocenters. The van der Waals surface area contributed by atoms with Gasteiger partial charge in [0, 0.05) is 0 Å². The van der Waals surface area contributed by atoms with E-state index in [1.807, 2.05) is 105 Å². The molecule has 198 valence electrons. The van der Waals surface area contributed by atoms with Gasteiger partial charge in [0.1, 0.15) is 30.5 Å². The molecule has 1 saturated heterocycles. The van der Waals surface area contributed by atoms with Crippen LogP contribution in [0.2, 0.25) is 0 Å². The van der Waals surface area contributed by atoms with E-state index in [1.54, 1.807) is 0 Å². The molecule has 0 radical (unpaired) electrons. The minimum Gasteiger partial charge on any atom is -0.390 e. The topological polar surface area (TPSA) is 77.4 Å². The van der Waals surface area contributed by atoms with Crippen LogP contribution in [0.15, 0.2) is 91.0 Å². The summed E-state index contributed by atoms with van der Waals surface area (Å²) >= 11 is 0. The summed E-state index contributed by atoms with van der Waals surface area (Å²) in [6.07, 6.45) is -4.65. The molecule has 1 fully saturated rings. The van der Waals surface area contributed by atoms with Crippen LogP contribution in [-0.4, -0.2) is 53.4 Å². The highest BCUT2D eigenvalue weighted by molar-refractivity contribution is 5.15. The van der Waals surface area contributed by atoms with E-state index >= 15 is 0 Å². The third kappa shape index (κ3) is 7.71. The smallest absolute Gasteiger partial charge is 0.115 e. The highest BCUT2D eigenvalue weighted by Gasteiger charge is 2.49. The van der Waals surface area contributed by atoms with E-state index in [2.05, 4.69) is 0 Å². The Hall–Kier alpha value is -2.58. The lowest BCUT2D eigenvalue weighted by Gasteiger charge is -2.46. The monoisotopic (exact) mass is 506 g/mol. The number of aliphatic hydroxyl groups is 2. The Morgan fingerprint density at radius 1 is 0.703 bits per heavy atom. The summed E-state index contributed by atoms with van der Waals surface area (Å²) in [5.41, 5.74) is 3.05. The summed E-state index contributed by atoms with van der Waals surface area (Å²) in [5, 5.41) is 22.3. The Labute approximate surface area is 219 Å². The molecule has 6 heteroatoms. The maximum absolute atomic E-state index is 11.4. The first kappa shape index (κ1) is 27.5. The highest BCUT2D eigenvalue weighted by Crippen LogP contribution is 2.31. The summed E-state index contributed by atoms with van der Waals surface area (Å²) in [5.74, 6) is -0.109. The fourth-order valence-electron chi connectivity index (χ4n) is 4.54. The van der Waals surface area contributed by atoms with Crippen molar-refractivity contribution in [3.8, 4) is 0 Å². The highest BCUT2D eigenvalue weighted by atomic mass is 16.6. The van der Waals surface area contributed by atoms with E-state index in [4.69, 9.17) is 18.9 Å². The van der Waals surface area contributed by atoms with Crippen LogP contribution in [0, 0.1) is 5.92 Å².